The Morgan fingerprint density at radius 2 is 2.00 bits per heavy atom. The Labute approximate surface area is 225 Å². The van der Waals surface area contributed by atoms with Crippen LogP contribution in [-0.4, -0.2) is 59.3 Å². The highest BCUT2D eigenvalue weighted by Gasteiger charge is 2.29. The summed E-state index contributed by atoms with van der Waals surface area (Å²) in [5, 5.41) is 17.6. The third-order valence-corrected chi connectivity index (χ3v) is 7.75. The summed E-state index contributed by atoms with van der Waals surface area (Å²) >= 11 is 0. The van der Waals surface area contributed by atoms with Gasteiger partial charge in [-0.15, -0.1) is 0 Å². The molecule has 0 saturated carbocycles. The second-order valence-corrected chi connectivity index (χ2v) is 10.5. The summed E-state index contributed by atoms with van der Waals surface area (Å²) in [4.78, 5) is 29.1. The molecule has 2 aliphatic heterocycles. The fraction of sp³-hybridized carbons (Fsp3) is 0.333. The first kappa shape index (κ1) is 25.3. The Hall–Kier alpha value is -3.95. The van der Waals surface area contributed by atoms with Gasteiger partial charge in [0.05, 0.1) is 17.2 Å². The molecule has 39 heavy (non-hydrogen) atoms. The number of likely N-dealkylation sites (tertiary alicyclic amines) is 1. The predicted molar refractivity (Wildman–Crippen MR) is 150 cm³/mol. The van der Waals surface area contributed by atoms with E-state index in [4.69, 9.17) is 4.74 Å². The van der Waals surface area contributed by atoms with Crippen molar-refractivity contribution >= 4 is 33.3 Å². The van der Waals surface area contributed by atoms with E-state index in [1.807, 2.05) is 36.4 Å². The molecule has 2 aliphatic rings. The second kappa shape index (κ2) is 9.98. The number of halogens is 1. The van der Waals surface area contributed by atoms with E-state index in [0.29, 0.717) is 29.5 Å². The van der Waals surface area contributed by atoms with Crippen LogP contribution in [0.3, 0.4) is 0 Å². The van der Waals surface area contributed by atoms with Crippen LogP contribution in [0.4, 0.5) is 10.1 Å². The monoisotopic (exact) mass is 530 g/mol. The summed E-state index contributed by atoms with van der Waals surface area (Å²) in [6.07, 6.45) is 3.82. The summed E-state index contributed by atoms with van der Waals surface area (Å²) in [6.45, 7) is 3.17. The molecule has 202 valence electrons. The number of aliphatic hydroxyl groups excluding tert-OH is 1. The number of rotatable bonds is 7. The maximum Gasteiger partial charge on any atom is 0.256 e. The van der Waals surface area contributed by atoms with Crippen molar-refractivity contribution in [1.29, 1.82) is 0 Å². The molecule has 4 aromatic rings. The summed E-state index contributed by atoms with van der Waals surface area (Å²) < 4.78 is 23.4. The highest BCUT2D eigenvalue weighted by atomic mass is 19.1. The Bertz CT molecular complexity index is 1670. The third kappa shape index (κ3) is 4.51. The average molecular weight is 531 g/mol. The first-order valence-corrected chi connectivity index (χ1v) is 13.3. The zero-order chi connectivity index (χ0) is 27.3. The maximum absolute atomic E-state index is 15.4. The Morgan fingerprint density at radius 3 is 2.72 bits per heavy atom. The highest BCUT2D eigenvalue weighted by Crippen LogP contribution is 2.46. The van der Waals surface area contributed by atoms with Crippen LogP contribution in [-0.2, 0) is 0 Å². The largest absolute Gasteiger partial charge is 0.451 e. The Balaban J connectivity index is 1.48. The summed E-state index contributed by atoms with van der Waals surface area (Å²) in [5.41, 5.74) is 0.431. The van der Waals surface area contributed by atoms with E-state index < -0.39 is 23.3 Å². The molecule has 1 saturated heterocycles. The molecule has 1 amide bonds. The third-order valence-electron chi connectivity index (χ3n) is 7.75. The van der Waals surface area contributed by atoms with Crippen molar-refractivity contribution in [3.8, 4) is 17.2 Å². The summed E-state index contributed by atoms with van der Waals surface area (Å²) in [6, 6.07) is 13.1. The zero-order valence-electron chi connectivity index (χ0n) is 22.0. The smallest absolute Gasteiger partial charge is 0.256 e. The Morgan fingerprint density at radius 1 is 1.23 bits per heavy atom. The number of hydrogen-bond donors (Lipinski definition) is 3. The number of aliphatic hydroxyl groups is 1. The number of pyridine rings is 1. The van der Waals surface area contributed by atoms with E-state index >= 15 is 4.39 Å². The van der Waals surface area contributed by atoms with E-state index in [9.17, 15) is 14.7 Å². The fourth-order valence-electron chi connectivity index (χ4n) is 5.67. The van der Waals surface area contributed by atoms with Gasteiger partial charge in [0.2, 0.25) is 5.43 Å². The molecule has 9 heteroatoms. The van der Waals surface area contributed by atoms with Gasteiger partial charge >= 0.3 is 0 Å². The quantitative estimate of drug-likeness (QED) is 0.289. The zero-order valence-corrected chi connectivity index (χ0v) is 22.0. The molecule has 3 aromatic carbocycles. The number of nitrogens with one attached hydrogen (secondary N) is 2. The number of carbonyl (C=O) groups excluding carboxylic acids is 1. The van der Waals surface area contributed by atoms with Crippen LogP contribution in [0.2, 0.25) is 0 Å². The molecule has 3 N–H and O–H groups in total. The van der Waals surface area contributed by atoms with E-state index in [2.05, 4.69) is 22.6 Å². The second-order valence-electron chi connectivity index (χ2n) is 10.5. The van der Waals surface area contributed by atoms with Gasteiger partial charge in [-0.3, -0.25) is 9.59 Å². The van der Waals surface area contributed by atoms with Gasteiger partial charge in [-0.1, -0.05) is 24.3 Å². The van der Waals surface area contributed by atoms with Gasteiger partial charge in [-0.25, -0.2) is 4.39 Å². The van der Waals surface area contributed by atoms with Crippen molar-refractivity contribution in [2.75, 3.05) is 32.0 Å². The van der Waals surface area contributed by atoms with Crippen molar-refractivity contribution in [1.82, 2.24) is 14.8 Å². The van der Waals surface area contributed by atoms with Gasteiger partial charge in [-0.2, -0.15) is 0 Å². The van der Waals surface area contributed by atoms with Crippen molar-refractivity contribution in [3.05, 3.63) is 70.3 Å². The lowest BCUT2D eigenvalue weighted by atomic mass is 10.0. The lowest BCUT2D eigenvalue weighted by molar-refractivity contribution is 0.0949. The molecule has 8 nitrogen and oxygen atoms in total. The number of hydrogen-bond acceptors (Lipinski definition) is 6. The van der Waals surface area contributed by atoms with Crippen LogP contribution >= 0.6 is 0 Å². The van der Waals surface area contributed by atoms with E-state index in [1.165, 1.54) is 6.20 Å². The first-order valence-electron chi connectivity index (χ1n) is 13.3. The number of ether oxygens (including phenoxy) is 1. The van der Waals surface area contributed by atoms with Crippen molar-refractivity contribution < 1.29 is 19.0 Å². The molecule has 1 fully saturated rings. The van der Waals surface area contributed by atoms with Crippen molar-refractivity contribution in [2.45, 2.75) is 38.3 Å². The standard InChI is InChI=1S/C30H31FN4O4/c1-17(36)15-33-26-23(31)14-21-27-29(26)39-25-13-19-7-4-3-6-18(19)12-24(25)35(27)16-22(28(21)37)30(38)32-10-9-20-8-5-11-34(20)2/h3-4,6-7,12-14,16-17,20,33,36H,5,8-11,15H2,1-2H3,(H,32,38). The topological polar surface area (TPSA) is 95.8 Å². The van der Waals surface area contributed by atoms with Crippen LogP contribution in [0.1, 0.15) is 36.5 Å². The van der Waals surface area contributed by atoms with E-state index in [0.717, 1.165) is 42.6 Å². The van der Waals surface area contributed by atoms with Gasteiger partial charge in [0.15, 0.2) is 17.3 Å². The molecule has 0 bridgehead atoms. The molecular weight excluding hydrogens is 499 g/mol. The predicted octanol–water partition coefficient (Wildman–Crippen LogP) is 4.40. The van der Waals surface area contributed by atoms with Gasteiger partial charge in [-0.05, 0) is 68.8 Å². The number of carbonyl (C=O) groups is 1. The van der Waals surface area contributed by atoms with Gasteiger partial charge in [0.1, 0.15) is 16.8 Å². The molecule has 6 rings (SSSR count). The van der Waals surface area contributed by atoms with E-state index in [1.54, 1.807) is 11.5 Å². The molecule has 0 aliphatic carbocycles. The lowest BCUT2D eigenvalue weighted by Gasteiger charge is -2.27. The minimum Gasteiger partial charge on any atom is -0.451 e. The summed E-state index contributed by atoms with van der Waals surface area (Å²) in [7, 11) is 2.08. The number of anilines is 1. The lowest BCUT2D eigenvalue weighted by Crippen LogP contribution is -2.34. The Kier molecular flexibility index (Phi) is 6.48. The summed E-state index contributed by atoms with van der Waals surface area (Å²) in [5.74, 6) is -0.583. The maximum atomic E-state index is 15.4. The van der Waals surface area contributed by atoms with Crippen LogP contribution < -0.4 is 20.8 Å². The average Bonchev–Trinajstić information content (AvgIpc) is 3.32. The molecule has 2 unspecified atom stereocenters. The number of aromatic nitrogens is 1. The van der Waals surface area contributed by atoms with Crippen LogP contribution in [0.5, 0.6) is 11.5 Å². The molecule has 0 radical (unpaired) electrons. The number of benzene rings is 3. The highest BCUT2D eigenvalue weighted by molar-refractivity contribution is 6.02. The molecule has 1 aromatic heterocycles. The van der Waals surface area contributed by atoms with Gasteiger partial charge in [0, 0.05) is 25.3 Å². The van der Waals surface area contributed by atoms with E-state index in [-0.39, 0.29) is 28.9 Å². The molecule has 3 heterocycles. The fourth-order valence-corrected chi connectivity index (χ4v) is 5.67. The molecule has 0 spiro atoms. The van der Waals surface area contributed by atoms with Crippen molar-refractivity contribution in [3.63, 3.8) is 0 Å². The van der Waals surface area contributed by atoms with Crippen molar-refractivity contribution in [2.24, 2.45) is 0 Å². The normalized spacial score (nSPS) is 17.2. The minimum atomic E-state index is -0.732. The van der Waals surface area contributed by atoms with Gasteiger partial charge in [0.25, 0.3) is 5.91 Å². The van der Waals surface area contributed by atoms with Gasteiger partial charge < -0.3 is 29.9 Å². The van der Waals surface area contributed by atoms with Crippen LogP contribution in [0, 0.1) is 5.82 Å². The SMILES string of the molecule is CC(O)CNc1c(F)cc2c(=O)c(C(=O)NCCC3CCCN3C)cn3c2c1Oc1cc2ccccc2cc1-3. The molecule has 2 atom stereocenters. The number of nitrogens with zero attached hydrogens (tertiary/aromatic N) is 2. The van der Waals surface area contributed by atoms with Crippen LogP contribution in [0.15, 0.2) is 53.5 Å². The minimum absolute atomic E-state index is 0.0482. The number of amides is 1. The first-order chi connectivity index (χ1) is 18.8. The number of fused-ring (bicyclic) bond motifs is 3. The molecular formula is C30H31FN4O4. The van der Waals surface area contributed by atoms with Crippen LogP contribution in [0.25, 0.3) is 27.4 Å².